The Morgan fingerprint density at radius 2 is 1.58 bits per heavy atom. The lowest BCUT2D eigenvalue weighted by molar-refractivity contribution is -0.116. The lowest BCUT2D eigenvalue weighted by Gasteiger charge is -2.15. The lowest BCUT2D eigenvalue weighted by atomic mass is 10.2. The first-order valence-corrected chi connectivity index (χ1v) is 8.50. The van der Waals surface area contributed by atoms with E-state index < -0.39 is 0 Å². The third-order valence-electron chi connectivity index (χ3n) is 3.69. The second-order valence-electron chi connectivity index (χ2n) is 6.22. The quantitative estimate of drug-likeness (QED) is 0.797. The predicted molar refractivity (Wildman–Crippen MR) is 105 cm³/mol. The summed E-state index contributed by atoms with van der Waals surface area (Å²) in [5, 5.41) is 5.88. The number of rotatable bonds is 7. The third kappa shape index (κ3) is 5.81. The van der Waals surface area contributed by atoms with Crippen LogP contribution in [0.4, 0.5) is 17.1 Å². The monoisotopic (exact) mass is 355 g/mol. The summed E-state index contributed by atoms with van der Waals surface area (Å²) in [4.78, 5) is 24.9. The van der Waals surface area contributed by atoms with Gasteiger partial charge in [-0.05, 0) is 62.4 Å². The second kappa shape index (κ2) is 8.89. The van der Waals surface area contributed by atoms with Crippen LogP contribution in [-0.2, 0) is 9.59 Å². The highest BCUT2D eigenvalue weighted by atomic mass is 16.5. The molecule has 2 aromatic carbocycles. The maximum atomic E-state index is 12.1. The third-order valence-corrected chi connectivity index (χ3v) is 3.69. The number of ether oxygens (including phenoxy) is 1. The van der Waals surface area contributed by atoms with Gasteiger partial charge in [0.15, 0.2) is 0 Å². The Bertz CT molecular complexity index is 740. The van der Waals surface area contributed by atoms with Crippen LogP contribution in [-0.4, -0.2) is 31.5 Å². The number of nitrogens with one attached hydrogen (secondary N) is 2. The molecule has 0 aromatic heterocycles. The number of anilines is 3. The van der Waals surface area contributed by atoms with E-state index >= 15 is 0 Å². The molecule has 6 heteroatoms. The average molecular weight is 355 g/mol. The van der Waals surface area contributed by atoms with Gasteiger partial charge < -0.3 is 20.3 Å². The molecule has 0 fully saturated rings. The maximum absolute atomic E-state index is 12.1. The van der Waals surface area contributed by atoms with Crippen LogP contribution in [0.1, 0.15) is 20.8 Å². The fourth-order valence-corrected chi connectivity index (χ4v) is 2.26. The zero-order valence-electron chi connectivity index (χ0n) is 15.6. The average Bonchev–Trinajstić information content (AvgIpc) is 2.60. The highest BCUT2D eigenvalue weighted by Crippen LogP contribution is 2.18. The van der Waals surface area contributed by atoms with E-state index in [2.05, 4.69) is 10.6 Å². The highest BCUT2D eigenvalue weighted by molar-refractivity contribution is 5.94. The number of hydrogen-bond acceptors (Lipinski definition) is 4. The molecular formula is C20H25N3O3. The summed E-state index contributed by atoms with van der Waals surface area (Å²) in [7, 11) is 1.71. The lowest BCUT2D eigenvalue weighted by Crippen LogP contribution is -2.23. The van der Waals surface area contributed by atoms with Crippen molar-refractivity contribution in [1.29, 1.82) is 0 Å². The predicted octanol–water partition coefficient (Wildman–Crippen LogP) is 3.51. The molecule has 0 spiro atoms. The maximum Gasteiger partial charge on any atom is 0.243 e. The molecule has 0 radical (unpaired) electrons. The summed E-state index contributed by atoms with van der Waals surface area (Å²) in [6, 6.07) is 14.6. The number of carbonyl (C=O) groups excluding carboxylic acids is 2. The van der Waals surface area contributed by atoms with Crippen molar-refractivity contribution in [2.75, 3.05) is 29.1 Å². The number of hydrogen-bond donors (Lipinski definition) is 2. The molecule has 0 unspecified atom stereocenters. The summed E-state index contributed by atoms with van der Waals surface area (Å²) in [6.07, 6.45) is 0.126. The molecule has 2 aromatic rings. The van der Waals surface area contributed by atoms with Gasteiger partial charge in [-0.1, -0.05) is 0 Å². The van der Waals surface area contributed by atoms with E-state index in [9.17, 15) is 9.59 Å². The van der Waals surface area contributed by atoms with Gasteiger partial charge in [-0.3, -0.25) is 9.59 Å². The van der Waals surface area contributed by atoms with Gasteiger partial charge in [-0.25, -0.2) is 0 Å². The largest absolute Gasteiger partial charge is 0.491 e. The molecule has 0 aliphatic heterocycles. The highest BCUT2D eigenvalue weighted by Gasteiger charge is 2.07. The van der Waals surface area contributed by atoms with E-state index in [1.54, 1.807) is 36.2 Å². The van der Waals surface area contributed by atoms with E-state index in [4.69, 9.17) is 4.74 Å². The first-order chi connectivity index (χ1) is 12.3. The summed E-state index contributed by atoms with van der Waals surface area (Å²) in [5.74, 6) is 0.599. The summed E-state index contributed by atoms with van der Waals surface area (Å²) >= 11 is 0. The van der Waals surface area contributed by atoms with Gasteiger partial charge in [-0.2, -0.15) is 0 Å². The second-order valence-corrected chi connectivity index (χ2v) is 6.22. The Morgan fingerprint density at radius 3 is 2.12 bits per heavy atom. The van der Waals surface area contributed by atoms with Crippen molar-refractivity contribution >= 4 is 28.9 Å². The zero-order chi connectivity index (χ0) is 19.1. The molecule has 138 valence electrons. The Balaban J connectivity index is 1.84. The first kappa shape index (κ1) is 19.3. The van der Waals surface area contributed by atoms with Crippen LogP contribution in [0.3, 0.4) is 0 Å². The van der Waals surface area contributed by atoms with Crippen LogP contribution >= 0.6 is 0 Å². The molecule has 0 aliphatic rings. The van der Waals surface area contributed by atoms with Crippen molar-refractivity contribution in [3.05, 3.63) is 48.5 Å². The fraction of sp³-hybridized carbons (Fsp3) is 0.300. The molecule has 26 heavy (non-hydrogen) atoms. The molecule has 6 nitrogen and oxygen atoms in total. The fourth-order valence-electron chi connectivity index (χ4n) is 2.26. The molecule has 2 N–H and O–H groups in total. The van der Waals surface area contributed by atoms with Gasteiger partial charge in [0.1, 0.15) is 5.75 Å². The summed E-state index contributed by atoms with van der Waals surface area (Å²) < 4.78 is 5.58. The normalized spacial score (nSPS) is 10.3. The van der Waals surface area contributed by atoms with Crippen molar-refractivity contribution in [1.82, 2.24) is 0 Å². The van der Waals surface area contributed by atoms with Crippen LogP contribution in [0, 0.1) is 0 Å². The SMILES string of the molecule is CC(=O)N(C)c1ccc(NC(=O)CNc2ccc(OC(C)C)cc2)cc1. The Hall–Kier alpha value is -3.02. The van der Waals surface area contributed by atoms with E-state index in [1.165, 1.54) is 6.92 Å². The molecule has 0 heterocycles. The van der Waals surface area contributed by atoms with Gasteiger partial charge in [0.25, 0.3) is 0 Å². The zero-order valence-corrected chi connectivity index (χ0v) is 15.6. The molecule has 0 saturated heterocycles. The van der Waals surface area contributed by atoms with Crippen LogP contribution in [0.15, 0.2) is 48.5 Å². The molecule has 0 bridgehead atoms. The molecule has 0 aliphatic carbocycles. The smallest absolute Gasteiger partial charge is 0.243 e. The molecule has 0 atom stereocenters. The molecule has 2 amide bonds. The van der Waals surface area contributed by atoms with Crippen LogP contribution in [0.5, 0.6) is 5.75 Å². The van der Waals surface area contributed by atoms with E-state index in [0.717, 1.165) is 17.1 Å². The van der Waals surface area contributed by atoms with Crippen molar-refractivity contribution in [3.63, 3.8) is 0 Å². The standard InChI is InChI=1S/C20H25N3O3/c1-14(2)26-19-11-7-16(8-12-19)21-13-20(25)22-17-5-9-18(10-6-17)23(4)15(3)24/h5-12,14,21H,13H2,1-4H3,(H,22,25). The number of carbonyl (C=O) groups is 2. The molecule has 2 rings (SSSR count). The Morgan fingerprint density at radius 1 is 1.00 bits per heavy atom. The van der Waals surface area contributed by atoms with E-state index in [0.29, 0.717) is 5.69 Å². The Kier molecular flexibility index (Phi) is 6.60. The summed E-state index contributed by atoms with van der Waals surface area (Å²) in [5.41, 5.74) is 2.30. The molecule has 0 saturated carbocycles. The van der Waals surface area contributed by atoms with Gasteiger partial charge >= 0.3 is 0 Å². The van der Waals surface area contributed by atoms with Gasteiger partial charge in [0, 0.05) is 31.0 Å². The van der Waals surface area contributed by atoms with Crippen LogP contribution < -0.4 is 20.3 Å². The Labute approximate surface area is 154 Å². The van der Waals surface area contributed by atoms with Crippen molar-refractivity contribution in [3.8, 4) is 5.75 Å². The minimum absolute atomic E-state index is 0.0456. The van der Waals surface area contributed by atoms with Crippen LogP contribution in [0.2, 0.25) is 0 Å². The number of benzene rings is 2. The number of amides is 2. The topological polar surface area (TPSA) is 70.7 Å². The van der Waals surface area contributed by atoms with Gasteiger partial charge in [0.2, 0.25) is 11.8 Å². The van der Waals surface area contributed by atoms with Crippen molar-refractivity contribution in [2.24, 2.45) is 0 Å². The minimum atomic E-state index is -0.153. The van der Waals surface area contributed by atoms with E-state index in [-0.39, 0.29) is 24.5 Å². The van der Waals surface area contributed by atoms with Crippen molar-refractivity contribution < 1.29 is 14.3 Å². The van der Waals surface area contributed by atoms with Gasteiger partial charge in [0.05, 0.1) is 12.6 Å². The first-order valence-electron chi connectivity index (χ1n) is 8.50. The summed E-state index contributed by atoms with van der Waals surface area (Å²) in [6.45, 7) is 5.60. The molecular weight excluding hydrogens is 330 g/mol. The van der Waals surface area contributed by atoms with E-state index in [1.807, 2.05) is 38.1 Å². The van der Waals surface area contributed by atoms with Crippen LogP contribution in [0.25, 0.3) is 0 Å². The van der Waals surface area contributed by atoms with Crippen molar-refractivity contribution in [2.45, 2.75) is 26.9 Å². The van der Waals surface area contributed by atoms with Gasteiger partial charge in [-0.15, -0.1) is 0 Å². The number of nitrogens with zero attached hydrogens (tertiary/aromatic N) is 1. The minimum Gasteiger partial charge on any atom is -0.491 e.